The lowest BCUT2D eigenvalue weighted by molar-refractivity contribution is 0.835. The van der Waals surface area contributed by atoms with Crippen molar-refractivity contribution in [2.75, 3.05) is 0 Å². The lowest BCUT2D eigenvalue weighted by Crippen LogP contribution is -1.98. The Kier molecular flexibility index (Phi) is 4.01. The highest BCUT2D eigenvalue weighted by Crippen LogP contribution is 1.98. The maximum Gasteiger partial charge on any atom is 0.0446 e. The minimum absolute atomic E-state index is 0.412. The molecule has 0 aromatic heterocycles. The molecule has 0 amide bonds. The van der Waals surface area contributed by atoms with E-state index in [1.807, 2.05) is 6.92 Å². The Morgan fingerprint density at radius 3 is 2.10 bits per heavy atom. The van der Waals surface area contributed by atoms with Crippen LogP contribution in [0, 0.1) is 0 Å². The highest BCUT2D eigenvalue weighted by Gasteiger charge is 1.93. The second-order valence-corrected chi connectivity index (χ2v) is 2.78. The van der Waals surface area contributed by atoms with Crippen LogP contribution in [0.2, 0.25) is 0 Å². The SMILES string of the molecule is C/C=C(/C)C(C)=NC(C)C. The summed E-state index contributed by atoms with van der Waals surface area (Å²) in [5.41, 5.74) is 2.42. The van der Waals surface area contributed by atoms with Crippen molar-refractivity contribution >= 4 is 5.71 Å². The molecule has 1 heteroatoms. The van der Waals surface area contributed by atoms with Crippen molar-refractivity contribution < 1.29 is 0 Å². The van der Waals surface area contributed by atoms with Gasteiger partial charge in [-0.25, -0.2) is 0 Å². The monoisotopic (exact) mass is 139 g/mol. The number of allylic oxidation sites excluding steroid dienone is 2. The molecule has 0 aliphatic carbocycles. The molecule has 1 nitrogen and oxygen atoms in total. The van der Waals surface area contributed by atoms with Crippen LogP contribution in [0.5, 0.6) is 0 Å². The van der Waals surface area contributed by atoms with E-state index in [4.69, 9.17) is 0 Å². The molecule has 0 heterocycles. The summed E-state index contributed by atoms with van der Waals surface area (Å²) >= 11 is 0. The predicted octanol–water partition coefficient (Wildman–Crippen LogP) is 2.82. The first-order chi connectivity index (χ1) is 4.57. The molecule has 0 N–H and O–H groups in total. The van der Waals surface area contributed by atoms with Crippen LogP contribution in [0.15, 0.2) is 16.6 Å². The first-order valence-corrected chi connectivity index (χ1v) is 3.75. The molecule has 0 aliphatic rings. The van der Waals surface area contributed by atoms with Gasteiger partial charge in [0, 0.05) is 11.8 Å². The van der Waals surface area contributed by atoms with Crippen LogP contribution >= 0.6 is 0 Å². The molecule has 58 valence electrons. The van der Waals surface area contributed by atoms with Gasteiger partial charge in [-0.3, -0.25) is 4.99 Å². The summed E-state index contributed by atoms with van der Waals surface area (Å²) < 4.78 is 0. The molecular weight excluding hydrogens is 122 g/mol. The van der Waals surface area contributed by atoms with Gasteiger partial charge in [0.15, 0.2) is 0 Å². The van der Waals surface area contributed by atoms with Gasteiger partial charge in [0.25, 0.3) is 0 Å². The van der Waals surface area contributed by atoms with Gasteiger partial charge in [-0.05, 0) is 40.2 Å². The topological polar surface area (TPSA) is 12.4 Å². The van der Waals surface area contributed by atoms with Crippen LogP contribution in [-0.4, -0.2) is 11.8 Å². The van der Waals surface area contributed by atoms with E-state index in [0.717, 1.165) is 5.71 Å². The molecule has 0 radical (unpaired) electrons. The van der Waals surface area contributed by atoms with Gasteiger partial charge >= 0.3 is 0 Å². The van der Waals surface area contributed by atoms with E-state index < -0.39 is 0 Å². The molecule has 0 aliphatic heterocycles. The van der Waals surface area contributed by atoms with E-state index in [1.54, 1.807) is 0 Å². The molecule has 0 bridgehead atoms. The molecule has 0 aromatic carbocycles. The first kappa shape index (κ1) is 9.41. The number of nitrogens with zero attached hydrogens (tertiary/aromatic N) is 1. The fraction of sp³-hybridized carbons (Fsp3) is 0.667. The normalized spacial score (nSPS) is 14.6. The van der Waals surface area contributed by atoms with Crippen molar-refractivity contribution in [3.8, 4) is 0 Å². The Morgan fingerprint density at radius 2 is 1.80 bits per heavy atom. The lowest BCUT2D eigenvalue weighted by atomic mass is 10.2. The second kappa shape index (κ2) is 4.26. The van der Waals surface area contributed by atoms with Crippen molar-refractivity contribution in [2.24, 2.45) is 4.99 Å². The van der Waals surface area contributed by atoms with Gasteiger partial charge in [0.1, 0.15) is 0 Å². The van der Waals surface area contributed by atoms with Crippen molar-refractivity contribution in [3.63, 3.8) is 0 Å². The predicted molar refractivity (Wildman–Crippen MR) is 47.7 cm³/mol. The van der Waals surface area contributed by atoms with Crippen LogP contribution in [0.3, 0.4) is 0 Å². The molecule has 0 rings (SSSR count). The molecule has 0 spiro atoms. The summed E-state index contributed by atoms with van der Waals surface area (Å²) in [5, 5.41) is 0. The third-order valence-corrected chi connectivity index (χ3v) is 1.46. The molecule has 0 atom stereocenters. The highest BCUT2D eigenvalue weighted by atomic mass is 14.8. The van der Waals surface area contributed by atoms with Crippen molar-refractivity contribution in [3.05, 3.63) is 11.6 Å². The average molecular weight is 139 g/mol. The summed E-state index contributed by atoms with van der Waals surface area (Å²) in [4.78, 5) is 4.40. The molecule has 0 fully saturated rings. The Hall–Kier alpha value is -0.590. The quantitative estimate of drug-likeness (QED) is 0.522. The Morgan fingerprint density at radius 1 is 1.30 bits per heavy atom. The fourth-order valence-corrected chi connectivity index (χ4v) is 0.698. The molecule has 0 saturated heterocycles. The summed E-state index contributed by atoms with van der Waals surface area (Å²) in [5.74, 6) is 0. The fourth-order valence-electron chi connectivity index (χ4n) is 0.698. The largest absolute Gasteiger partial charge is 0.287 e. The zero-order valence-electron chi connectivity index (χ0n) is 7.60. The smallest absolute Gasteiger partial charge is 0.0446 e. The molecular formula is C9H17N. The van der Waals surface area contributed by atoms with Crippen molar-refractivity contribution in [2.45, 2.75) is 40.7 Å². The van der Waals surface area contributed by atoms with Gasteiger partial charge in [-0.2, -0.15) is 0 Å². The number of rotatable bonds is 2. The third-order valence-electron chi connectivity index (χ3n) is 1.46. The van der Waals surface area contributed by atoms with E-state index in [2.05, 4.69) is 38.8 Å². The Bertz CT molecular complexity index is 152. The third kappa shape index (κ3) is 3.44. The molecule has 10 heavy (non-hydrogen) atoms. The number of hydrogen-bond acceptors (Lipinski definition) is 1. The van der Waals surface area contributed by atoms with Crippen LogP contribution in [0.25, 0.3) is 0 Å². The second-order valence-electron chi connectivity index (χ2n) is 2.78. The van der Waals surface area contributed by atoms with Crippen LogP contribution < -0.4 is 0 Å². The summed E-state index contributed by atoms with van der Waals surface area (Å²) in [6, 6.07) is 0.412. The van der Waals surface area contributed by atoms with Crippen molar-refractivity contribution in [1.29, 1.82) is 0 Å². The maximum absolute atomic E-state index is 4.40. The van der Waals surface area contributed by atoms with E-state index in [1.165, 1.54) is 5.57 Å². The van der Waals surface area contributed by atoms with E-state index in [9.17, 15) is 0 Å². The minimum atomic E-state index is 0.412. The lowest BCUT2D eigenvalue weighted by Gasteiger charge is -2.01. The van der Waals surface area contributed by atoms with Crippen LogP contribution in [-0.2, 0) is 0 Å². The molecule has 0 aromatic rings. The average Bonchev–Trinajstić information content (AvgIpc) is 1.85. The zero-order valence-corrected chi connectivity index (χ0v) is 7.60. The Balaban J connectivity index is 4.20. The standard InChI is InChI=1S/C9H17N/c1-6-8(4)9(5)10-7(2)3/h6-7H,1-5H3/b8-6-,10-9?. The van der Waals surface area contributed by atoms with Gasteiger partial charge in [0.05, 0.1) is 0 Å². The van der Waals surface area contributed by atoms with E-state index in [-0.39, 0.29) is 0 Å². The minimum Gasteiger partial charge on any atom is -0.287 e. The molecule has 0 unspecified atom stereocenters. The summed E-state index contributed by atoms with van der Waals surface area (Å²) in [6.07, 6.45) is 2.08. The van der Waals surface area contributed by atoms with Crippen LogP contribution in [0.1, 0.15) is 34.6 Å². The van der Waals surface area contributed by atoms with E-state index in [0.29, 0.717) is 6.04 Å². The van der Waals surface area contributed by atoms with E-state index >= 15 is 0 Å². The zero-order chi connectivity index (χ0) is 8.15. The first-order valence-electron chi connectivity index (χ1n) is 3.75. The Labute approximate surface area is 63.9 Å². The van der Waals surface area contributed by atoms with Crippen LogP contribution in [0.4, 0.5) is 0 Å². The number of aliphatic imine (C=N–C) groups is 1. The highest BCUT2D eigenvalue weighted by molar-refractivity contribution is 5.97. The summed E-state index contributed by atoms with van der Waals surface area (Å²) in [7, 11) is 0. The number of hydrogen-bond donors (Lipinski definition) is 0. The van der Waals surface area contributed by atoms with Gasteiger partial charge < -0.3 is 0 Å². The van der Waals surface area contributed by atoms with Gasteiger partial charge in [-0.15, -0.1) is 0 Å². The van der Waals surface area contributed by atoms with Crippen molar-refractivity contribution in [1.82, 2.24) is 0 Å². The van der Waals surface area contributed by atoms with Gasteiger partial charge in [0.2, 0.25) is 0 Å². The van der Waals surface area contributed by atoms with Gasteiger partial charge in [-0.1, -0.05) is 6.08 Å². The molecule has 0 saturated carbocycles. The maximum atomic E-state index is 4.40. The summed E-state index contributed by atoms with van der Waals surface area (Å²) in [6.45, 7) is 10.4.